The number of aliphatic carboxylic acids is 1. The van der Waals surface area contributed by atoms with Gasteiger partial charge in [-0.1, -0.05) is 20.8 Å². The minimum atomic E-state index is -0.847. The van der Waals surface area contributed by atoms with Crippen molar-refractivity contribution >= 4 is 11.8 Å². The maximum atomic E-state index is 11.0. The topological polar surface area (TPSA) is 86.0 Å². The lowest BCUT2D eigenvalue weighted by molar-refractivity contribution is -0.137. The molecule has 0 amide bonds. The van der Waals surface area contributed by atoms with Crippen molar-refractivity contribution in [2.24, 2.45) is 5.41 Å². The van der Waals surface area contributed by atoms with Gasteiger partial charge in [0.25, 0.3) is 0 Å². The zero-order valence-electron chi connectivity index (χ0n) is 12.4. The number of carboxylic acids is 1. The molecule has 0 spiro atoms. The van der Waals surface area contributed by atoms with Gasteiger partial charge in [0.2, 0.25) is 0 Å². The van der Waals surface area contributed by atoms with Gasteiger partial charge in [-0.05, 0) is 30.9 Å². The van der Waals surface area contributed by atoms with Crippen molar-refractivity contribution in [2.45, 2.75) is 46.6 Å². The molecule has 1 aromatic heterocycles. The van der Waals surface area contributed by atoms with E-state index >= 15 is 0 Å². The quantitative estimate of drug-likeness (QED) is 0.862. The number of carboxylic acid groups (broad SMARTS) is 1. The second-order valence-corrected chi connectivity index (χ2v) is 6.20. The van der Waals surface area contributed by atoms with Crippen LogP contribution in [0.15, 0.2) is 12.1 Å². The molecule has 0 fully saturated rings. The molecule has 1 unspecified atom stereocenters. The largest absolute Gasteiger partial charge is 0.481 e. The van der Waals surface area contributed by atoms with Gasteiger partial charge in [-0.3, -0.25) is 4.79 Å². The summed E-state index contributed by atoms with van der Waals surface area (Å²) in [7, 11) is 0. The predicted molar refractivity (Wildman–Crippen MR) is 77.4 cm³/mol. The maximum Gasteiger partial charge on any atom is 0.305 e. The Balaban J connectivity index is 2.91. The lowest BCUT2D eigenvalue weighted by Crippen LogP contribution is -2.28. The minimum absolute atomic E-state index is 0.00893. The summed E-state index contributed by atoms with van der Waals surface area (Å²) in [4.78, 5) is 15.3. The molecule has 0 saturated heterocycles. The standard InChI is InChI=1S/C15H21N3O2/c1-10-5-11(9-16)6-13(17-10)18-12(7-14(19)20)8-15(2,3)4/h5-6,12H,7-8H2,1-4H3,(H,17,18)(H,19,20). The first-order valence-electron chi connectivity index (χ1n) is 6.57. The SMILES string of the molecule is Cc1cc(C#N)cc(NC(CC(=O)O)CC(C)(C)C)n1. The van der Waals surface area contributed by atoms with Crippen LogP contribution in [0.4, 0.5) is 5.82 Å². The van der Waals surface area contributed by atoms with Gasteiger partial charge in [0.15, 0.2) is 0 Å². The number of carbonyl (C=O) groups is 1. The molecule has 5 heteroatoms. The first-order valence-corrected chi connectivity index (χ1v) is 6.57. The van der Waals surface area contributed by atoms with E-state index in [4.69, 9.17) is 10.4 Å². The number of nitriles is 1. The Kier molecular flexibility index (Phi) is 5.09. The zero-order chi connectivity index (χ0) is 15.3. The van der Waals surface area contributed by atoms with Gasteiger partial charge >= 0.3 is 5.97 Å². The van der Waals surface area contributed by atoms with E-state index in [1.54, 1.807) is 12.1 Å². The van der Waals surface area contributed by atoms with Crippen LogP contribution >= 0.6 is 0 Å². The fourth-order valence-corrected chi connectivity index (χ4v) is 2.14. The Morgan fingerprint density at radius 1 is 1.50 bits per heavy atom. The molecule has 0 aliphatic heterocycles. The molecule has 108 valence electrons. The molecule has 2 N–H and O–H groups in total. The third-order valence-corrected chi connectivity index (χ3v) is 2.71. The number of aryl methyl sites for hydroxylation is 1. The number of aromatic nitrogens is 1. The monoisotopic (exact) mass is 275 g/mol. The molecule has 1 aromatic rings. The van der Waals surface area contributed by atoms with E-state index in [0.29, 0.717) is 17.8 Å². The van der Waals surface area contributed by atoms with E-state index in [2.05, 4.69) is 37.1 Å². The molecular weight excluding hydrogens is 254 g/mol. The van der Waals surface area contributed by atoms with Gasteiger partial charge in [-0.25, -0.2) is 4.98 Å². The Morgan fingerprint density at radius 2 is 2.15 bits per heavy atom. The predicted octanol–water partition coefficient (Wildman–Crippen LogP) is 2.95. The second-order valence-electron chi connectivity index (χ2n) is 6.20. The number of pyridine rings is 1. The normalized spacial score (nSPS) is 12.6. The van der Waals surface area contributed by atoms with Gasteiger partial charge < -0.3 is 10.4 Å². The number of nitrogens with zero attached hydrogens (tertiary/aromatic N) is 2. The van der Waals surface area contributed by atoms with Crippen LogP contribution in [-0.2, 0) is 4.79 Å². The van der Waals surface area contributed by atoms with E-state index in [1.165, 1.54) is 0 Å². The van der Waals surface area contributed by atoms with Crippen LogP contribution in [0.25, 0.3) is 0 Å². The number of hydrogen-bond acceptors (Lipinski definition) is 4. The van der Waals surface area contributed by atoms with Crippen molar-refractivity contribution in [2.75, 3.05) is 5.32 Å². The average molecular weight is 275 g/mol. The highest BCUT2D eigenvalue weighted by molar-refractivity contribution is 5.68. The van der Waals surface area contributed by atoms with E-state index in [1.807, 2.05) is 6.92 Å². The Bertz CT molecular complexity index is 527. The smallest absolute Gasteiger partial charge is 0.305 e. The molecule has 20 heavy (non-hydrogen) atoms. The fraction of sp³-hybridized carbons (Fsp3) is 0.533. The molecule has 0 aromatic carbocycles. The van der Waals surface area contributed by atoms with Crippen molar-refractivity contribution in [3.8, 4) is 6.07 Å². The van der Waals surface area contributed by atoms with E-state index in [-0.39, 0.29) is 17.9 Å². The van der Waals surface area contributed by atoms with Gasteiger partial charge in [0, 0.05) is 11.7 Å². The van der Waals surface area contributed by atoms with Gasteiger partial charge in [-0.15, -0.1) is 0 Å². The number of nitrogens with one attached hydrogen (secondary N) is 1. The second kappa shape index (κ2) is 6.38. The summed E-state index contributed by atoms with van der Waals surface area (Å²) in [6, 6.07) is 5.20. The summed E-state index contributed by atoms with van der Waals surface area (Å²) >= 11 is 0. The van der Waals surface area contributed by atoms with Crippen LogP contribution in [0.5, 0.6) is 0 Å². The summed E-state index contributed by atoms with van der Waals surface area (Å²) in [5, 5.41) is 21.1. The summed E-state index contributed by atoms with van der Waals surface area (Å²) in [5.74, 6) is -0.294. The molecular formula is C15H21N3O2. The third kappa shape index (κ3) is 5.70. The molecule has 0 radical (unpaired) electrons. The lowest BCUT2D eigenvalue weighted by atomic mass is 9.87. The van der Waals surface area contributed by atoms with Crippen LogP contribution in [0.1, 0.15) is 44.9 Å². The van der Waals surface area contributed by atoms with Crippen molar-refractivity contribution in [1.29, 1.82) is 5.26 Å². The van der Waals surface area contributed by atoms with Crippen LogP contribution in [0.3, 0.4) is 0 Å². The average Bonchev–Trinajstić information content (AvgIpc) is 2.24. The summed E-state index contributed by atoms with van der Waals surface area (Å²) in [6.07, 6.45) is 0.728. The van der Waals surface area contributed by atoms with Crippen molar-refractivity contribution in [1.82, 2.24) is 4.98 Å². The van der Waals surface area contributed by atoms with Crippen LogP contribution in [0, 0.1) is 23.7 Å². The molecule has 0 saturated carbocycles. The summed E-state index contributed by atoms with van der Waals surface area (Å²) < 4.78 is 0. The number of hydrogen-bond donors (Lipinski definition) is 2. The highest BCUT2D eigenvalue weighted by Gasteiger charge is 2.21. The van der Waals surface area contributed by atoms with Gasteiger partial charge in [0.05, 0.1) is 18.1 Å². The highest BCUT2D eigenvalue weighted by Crippen LogP contribution is 2.24. The van der Waals surface area contributed by atoms with Crippen molar-refractivity contribution in [3.63, 3.8) is 0 Å². The molecule has 0 bridgehead atoms. The number of rotatable bonds is 5. The molecule has 0 aliphatic carbocycles. The summed E-state index contributed by atoms with van der Waals surface area (Å²) in [5.41, 5.74) is 1.26. The molecule has 1 rings (SSSR count). The van der Waals surface area contributed by atoms with Gasteiger partial charge in [-0.2, -0.15) is 5.26 Å². The van der Waals surface area contributed by atoms with Gasteiger partial charge in [0.1, 0.15) is 5.82 Å². The zero-order valence-corrected chi connectivity index (χ0v) is 12.4. The Morgan fingerprint density at radius 3 is 2.65 bits per heavy atom. The van der Waals surface area contributed by atoms with E-state index in [0.717, 1.165) is 5.69 Å². The highest BCUT2D eigenvalue weighted by atomic mass is 16.4. The fourth-order valence-electron chi connectivity index (χ4n) is 2.14. The third-order valence-electron chi connectivity index (χ3n) is 2.71. The van der Waals surface area contributed by atoms with Crippen LogP contribution in [-0.4, -0.2) is 22.1 Å². The first-order chi connectivity index (χ1) is 9.19. The molecule has 5 nitrogen and oxygen atoms in total. The van der Waals surface area contributed by atoms with Crippen LogP contribution < -0.4 is 5.32 Å². The van der Waals surface area contributed by atoms with Crippen molar-refractivity contribution < 1.29 is 9.90 Å². The minimum Gasteiger partial charge on any atom is -0.481 e. The Labute approximate surface area is 119 Å². The number of anilines is 1. The van der Waals surface area contributed by atoms with E-state index in [9.17, 15) is 4.79 Å². The molecule has 0 aliphatic rings. The lowest BCUT2D eigenvalue weighted by Gasteiger charge is -2.26. The summed E-state index contributed by atoms with van der Waals surface area (Å²) in [6.45, 7) is 8.00. The molecule has 1 atom stereocenters. The maximum absolute atomic E-state index is 11.0. The van der Waals surface area contributed by atoms with Crippen LogP contribution in [0.2, 0.25) is 0 Å². The van der Waals surface area contributed by atoms with Crippen molar-refractivity contribution in [3.05, 3.63) is 23.4 Å². The molecule has 1 heterocycles. The first kappa shape index (κ1) is 16.0. The van der Waals surface area contributed by atoms with E-state index < -0.39 is 5.97 Å². The Hall–Kier alpha value is -2.09.